The molecule has 1 aliphatic rings. The molecule has 0 aromatic carbocycles. The topological polar surface area (TPSA) is 37.8 Å². The summed E-state index contributed by atoms with van der Waals surface area (Å²) < 4.78 is 0.410. The molecule has 102 valence electrons. The summed E-state index contributed by atoms with van der Waals surface area (Å²) in [6.07, 6.45) is 5.77. The Morgan fingerprint density at radius 1 is 1.47 bits per heavy atom. The third-order valence-electron chi connectivity index (χ3n) is 3.58. The Bertz CT molecular complexity index is 607. The van der Waals surface area contributed by atoms with Gasteiger partial charge in [0.15, 0.2) is 0 Å². The summed E-state index contributed by atoms with van der Waals surface area (Å²) in [7, 11) is 0. The fourth-order valence-corrected chi connectivity index (χ4v) is 4.00. The molecule has 3 rings (SSSR count). The minimum absolute atomic E-state index is 0.327. The van der Waals surface area contributed by atoms with Crippen LogP contribution in [0.2, 0.25) is 5.28 Å². The van der Waals surface area contributed by atoms with Gasteiger partial charge in [0.25, 0.3) is 0 Å². The summed E-state index contributed by atoms with van der Waals surface area (Å²) >= 11 is 9.66. The smallest absolute Gasteiger partial charge is 0.225 e. The van der Waals surface area contributed by atoms with Crippen LogP contribution in [0.25, 0.3) is 10.2 Å². The average molecular weight is 314 g/mol. The van der Waals surface area contributed by atoms with Crippen LogP contribution >= 0.6 is 34.7 Å². The van der Waals surface area contributed by atoms with Gasteiger partial charge in [-0.25, -0.2) is 9.97 Å². The van der Waals surface area contributed by atoms with E-state index in [0.717, 1.165) is 29.0 Å². The Labute approximate surface area is 126 Å². The molecule has 0 bridgehead atoms. The van der Waals surface area contributed by atoms with Crippen LogP contribution in [0, 0.1) is 0 Å². The lowest BCUT2D eigenvalue weighted by Crippen LogP contribution is -2.18. The van der Waals surface area contributed by atoms with E-state index in [0.29, 0.717) is 10.0 Å². The highest BCUT2D eigenvalue weighted by Crippen LogP contribution is 2.47. The molecule has 1 N–H and O–H groups in total. The number of halogens is 1. The van der Waals surface area contributed by atoms with Crippen molar-refractivity contribution in [3.63, 3.8) is 0 Å². The van der Waals surface area contributed by atoms with Crippen molar-refractivity contribution in [2.45, 2.75) is 30.9 Å². The zero-order chi connectivity index (χ0) is 13.5. The van der Waals surface area contributed by atoms with Gasteiger partial charge in [0, 0.05) is 16.2 Å². The summed E-state index contributed by atoms with van der Waals surface area (Å²) in [5.74, 6) is 0.881. The molecule has 0 radical (unpaired) electrons. The van der Waals surface area contributed by atoms with Crippen molar-refractivity contribution in [3.8, 4) is 0 Å². The van der Waals surface area contributed by atoms with Gasteiger partial charge in [-0.2, -0.15) is 11.8 Å². The summed E-state index contributed by atoms with van der Waals surface area (Å²) in [6, 6.07) is 2.18. The van der Waals surface area contributed by atoms with E-state index >= 15 is 0 Å². The van der Waals surface area contributed by atoms with Crippen LogP contribution in [0.5, 0.6) is 0 Å². The Morgan fingerprint density at radius 2 is 2.26 bits per heavy atom. The molecule has 0 amide bonds. The van der Waals surface area contributed by atoms with Crippen LogP contribution in [0.15, 0.2) is 6.07 Å². The van der Waals surface area contributed by atoms with Gasteiger partial charge in [-0.1, -0.05) is 6.92 Å². The lowest BCUT2D eigenvalue weighted by molar-refractivity contribution is 0.941. The highest BCUT2D eigenvalue weighted by atomic mass is 35.5. The van der Waals surface area contributed by atoms with Crippen molar-refractivity contribution >= 4 is 50.7 Å². The molecule has 1 aliphatic carbocycles. The maximum atomic E-state index is 6.02. The summed E-state index contributed by atoms with van der Waals surface area (Å²) in [6.45, 7) is 3.10. The Hall–Kier alpha value is -0.520. The van der Waals surface area contributed by atoms with E-state index < -0.39 is 0 Å². The van der Waals surface area contributed by atoms with Gasteiger partial charge in [-0.05, 0) is 43.2 Å². The van der Waals surface area contributed by atoms with Gasteiger partial charge in [-0.15, -0.1) is 11.3 Å². The van der Waals surface area contributed by atoms with Gasteiger partial charge >= 0.3 is 0 Å². The number of anilines is 1. The van der Waals surface area contributed by atoms with Crippen LogP contribution < -0.4 is 5.32 Å². The number of hydrogen-bond acceptors (Lipinski definition) is 5. The Balaban J connectivity index is 1.90. The molecule has 0 saturated heterocycles. The predicted molar refractivity (Wildman–Crippen MR) is 85.8 cm³/mol. The summed E-state index contributed by atoms with van der Waals surface area (Å²) in [4.78, 5) is 11.0. The fourth-order valence-electron chi connectivity index (χ4n) is 2.09. The maximum Gasteiger partial charge on any atom is 0.225 e. The van der Waals surface area contributed by atoms with Crippen LogP contribution in [0.1, 0.15) is 24.6 Å². The lowest BCUT2D eigenvalue weighted by Gasteiger charge is -2.14. The summed E-state index contributed by atoms with van der Waals surface area (Å²) in [5.41, 5.74) is 0. The van der Waals surface area contributed by atoms with E-state index in [1.807, 2.05) is 11.8 Å². The van der Waals surface area contributed by atoms with E-state index in [2.05, 4.69) is 34.5 Å². The molecule has 1 fully saturated rings. The van der Waals surface area contributed by atoms with E-state index in [-0.39, 0.29) is 0 Å². The van der Waals surface area contributed by atoms with Crippen molar-refractivity contribution < 1.29 is 0 Å². The predicted octanol–water partition coefficient (Wildman–Crippen LogP) is 4.21. The normalized spacial score (nSPS) is 16.8. The van der Waals surface area contributed by atoms with Gasteiger partial charge in [0.2, 0.25) is 5.28 Å². The molecule has 19 heavy (non-hydrogen) atoms. The number of nitrogens with zero attached hydrogens (tertiary/aromatic N) is 2. The zero-order valence-electron chi connectivity index (χ0n) is 11.0. The SMILES string of the molecule is CCc1cc2c(NCC3(SC)CC3)nc(Cl)nc2s1. The van der Waals surface area contributed by atoms with Crippen LogP contribution in [0.3, 0.4) is 0 Å². The number of aryl methyl sites for hydroxylation is 1. The highest BCUT2D eigenvalue weighted by molar-refractivity contribution is 8.00. The first-order chi connectivity index (χ1) is 9.15. The van der Waals surface area contributed by atoms with E-state index in [4.69, 9.17) is 11.6 Å². The number of aromatic nitrogens is 2. The first-order valence-corrected chi connectivity index (χ1v) is 8.83. The molecule has 0 unspecified atom stereocenters. The van der Waals surface area contributed by atoms with E-state index in [1.165, 1.54) is 17.7 Å². The number of thioether (sulfide) groups is 1. The van der Waals surface area contributed by atoms with Crippen LogP contribution in [-0.2, 0) is 6.42 Å². The number of rotatable bonds is 5. The minimum atomic E-state index is 0.327. The highest BCUT2D eigenvalue weighted by Gasteiger charge is 2.41. The fraction of sp³-hybridized carbons (Fsp3) is 0.538. The van der Waals surface area contributed by atoms with Crippen molar-refractivity contribution in [3.05, 3.63) is 16.2 Å². The van der Waals surface area contributed by atoms with Gasteiger partial charge < -0.3 is 5.32 Å². The zero-order valence-corrected chi connectivity index (χ0v) is 13.4. The third kappa shape index (κ3) is 2.69. The largest absolute Gasteiger partial charge is 0.368 e. The van der Waals surface area contributed by atoms with Crippen molar-refractivity contribution in [1.29, 1.82) is 0 Å². The molecule has 2 heterocycles. The van der Waals surface area contributed by atoms with Crippen LogP contribution in [-0.4, -0.2) is 27.5 Å². The molecule has 2 aromatic heterocycles. The monoisotopic (exact) mass is 313 g/mol. The second-order valence-electron chi connectivity index (χ2n) is 4.87. The lowest BCUT2D eigenvalue weighted by atomic mass is 10.3. The number of nitrogens with one attached hydrogen (secondary N) is 1. The van der Waals surface area contributed by atoms with Gasteiger partial charge in [0.1, 0.15) is 10.6 Å². The third-order valence-corrected chi connectivity index (χ3v) is 6.34. The minimum Gasteiger partial charge on any atom is -0.368 e. The number of hydrogen-bond donors (Lipinski definition) is 1. The van der Waals surface area contributed by atoms with E-state index in [1.54, 1.807) is 11.3 Å². The van der Waals surface area contributed by atoms with Crippen molar-refractivity contribution in [1.82, 2.24) is 9.97 Å². The average Bonchev–Trinajstić information content (AvgIpc) is 3.08. The first-order valence-electron chi connectivity index (χ1n) is 6.41. The molecule has 0 aliphatic heterocycles. The molecule has 0 atom stereocenters. The molecule has 2 aromatic rings. The first kappa shape index (κ1) is 13.5. The van der Waals surface area contributed by atoms with Crippen molar-refractivity contribution in [2.24, 2.45) is 0 Å². The maximum absolute atomic E-state index is 6.02. The van der Waals surface area contributed by atoms with Gasteiger partial charge in [0.05, 0.1) is 5.39 Å². The molecular weight excluding hydrogens is 298 g/mol. The second-order valence-corrected chi connectivity index (χ2v) is 7.59. The standard InChI is InChI=1S/C13H16ClN3S2/c1-3-8-6-9-10(15-7-13(18-2)4-5-13)16-12(14)17-11(9)19-8/h6H,3-5,7H2,1-2H3,(H,15,16,17). The molecule has 3 nitrogen and oxygen atoms in total. The Kier molecular flexibility index (Phi) is 3.62. The number of thiophene rings is 1. The summed E-state index contributed by atoms with van der Waals surface area (Å²) in [5, 5.41) is 4.90. The van der Waals surface area contributed by atoms with Crippen LogP contribution in [0.4, 0.5) is 5.82 Å². The van der Waals surface area contributed by atoms with Gasteiger partial charge in [-0.3, -0.25) is 0 Å². The molecule has 6 heteroatoms. The molecule has 0 spiro atoms. The molecular formula is C13H16ClN3S2. The Morgan fingerprint density at radius 3 is 2.89 bits per heavy atom. The second kappa shape index (κ2) is 5.11. The number of fused-ring (bicyclic) bond motifs is 1. The van der Waals surface area contributed by atoms with Crippen molar-refractivity contribution in [2.75, 3.05) is 18.1 Å². The quantitative estimate of drug-likeness (QED) is 0.839. The van der Waals surface area contributed by atoms with E-state index in [9.17, 15) is 0 Å². The molecule has 1 saturated carbocycles.